The Morgan fingerprint density at radius 1 is 1.42 bits per heavy atom. The summed E-state index contributed by atoms with van der Waals surface area (Å²) in [5.74, 6) is 0.703. The molecule has 1 N–H and O–H groups in total. The van der Waals surface area contributed by atoms with Gasteiger partial charge >= 0.3 is 0 Å². The molecule has 0 atom stereocenters. The van der Waals surface area contributed by atoms with Gasteiger partial charge in [0.1, 0.15) is 12.4 Å². The van der Waals surface area contributed by atoms with E-state index in [0.29, 0.717) is 24.0 Å². The van der Waals surface area contributed by atoms with E-state index in [1.165, 1.54) is 12.8 Å². The Hall–Kier alpha value is -1.77. The Morgan fingerprint density at radius 2 is 2.16 bits per heavy atom. The van der Waals surface area contributed by atoms with Gasteiger partial charge in [-0.1, -0.05) is 25.5 Å². The highest BCUT2D eigenvalue weighted by Crippen LogP contribution is 2.19. The number of hydrogen-bond donors (Lipinski definition) is 1. The van der Waals surface area contributed by atoms with Crippen molar-refractivity contribution in [1.29, 1.82) is 0 Å². The first-order chi connectivity index (χ1) is 9.15. The molecule has 3 nitrogen and oxygen atoms in total. The van der Waals surface area contributed by atoms with Crippen LogP contribution in [0.2, 0.25) is 0 Å². The summed E-state index contributed by atoms with van der Waals surface area (Å²) in [5, 5.41) is 3.08. The topological polar surface area (TPSA) is 38.3 Å². The number of carbonyl (C=O) groups excluding carboxylic acids is 1. The van der Waals surface area contributed by atoms with Crippen LogP contribution in [0.3, 0.4) is 0 Å². The quantitative estimate of drug-likeness (QED) is 0.824. The fraction of sp³-hybridized carbons (Fsp3) is 0.438. The minimum Gasteiger partial charge on any atom is -0.489 e. The van der Waals surface area contributed by atoms with Crippen LogP contribution in [0.15, 0.2) is 36.4 Å². The van der Waals surface area contributed by atoms with Crippen molar-refractivity contribution in [2.45, 2.75) is 38.6 Å². The van der Waals surface area contributed by atoms with Gasteiger partial charge in [0, 0.05) is 11.6 Å². The lowest BCUT2D eigenvalue weighted by molar-refractivity contribution is 0.0937. The molecule has 1 saturated carbocycles. The van der Waals surface area contributed by atoms with Crippen molar-refractivity contribution in [3.8, 4) is 5.75 Å². The molecule has 0 aromatic heterocycles. The smallest absolute Gasteiger partial charge is 0.251 e. The third kappa shape index (κ3) is 4.12. The summed E-state index contributed by atoms with van der Waals surface area (Å²) in [5.41, 5.74) is 1.62. The molecule has 0 radical (unpaired) electrons. The minimum absolute atomic E-state index is 0.00678. The van der Waals surface area contributed by atoms with E-state index < -0.39 is 0 Å². The number of benzene rings is 1. The molecule has 1 aromatic carbocycles. The molecule has 2 rings (SSSR count). The largest absolute Gasteiger partial charge is 0.489 e. The van der Waals surface area contributed by atoms with E-state index in [4.69, 9.17) is 4.74 Å². The van der Waals surface area contributed by atoms with Crippen LogP contribution >= 0.6 is 0 Å². The lowest BCUT2D eigenvalue weighted by Gasteiger charge is -2.12. The maximum absolute atomic E-state index is 12.1. The number of rotatable bonds is 5. The van der Waals surface area contributed by atoms with Crippen LogP contribution in [-0.4, -0.2) is 18.6 Å². The van der Waals surface area contributed by atoms with Gasteiger partial charge in [-0.2, -0.15) is 0 Å². The lowest BCUT2D eigenvalue weighted by atomic mass is 10.1. The highest BCUT2D eigenvalue weighted by Gasteiger charge is 2.18. The van der Waals surface area contributed by atoms with E-state index in [1.54, 1.807) is 6.07 Å². The summed E-state index contributed by atoms with van der Waals surface area (Å²) in [6.07, 6.45) is 4.62. The van der Waals surface area contributed by atoms with E-state index >= 15 is 0 Å². The highest BCUT2D eigenvalue weighted by atomic mass is 16.5. The third-order valence-electron chi connectivity index (χ3n) is 3.27. The molecule has 0 heterocycles. The molecule has 3 heteroatoms. The lowest BCUT2D eigenvalue weighted by Crippen LogP contribution is -2.32. The molecule has 1 aliphatic rings. The monoisotopic (exact) mass is 259 g/mol. The van der Waals surface area contributed by atoms with Crippen molar-refractivity contribution in [3.05, 3.63) is 42.0 Å². The molecule has 1 aliphatic carbocycles. The standard InChI is InChI=1S/C16H21NO2/c1-12(2)11-19-15-9-5-6-13(10-15)16(18)17-14-7-3-4-8-14/h5-6,9-10,14H,1,3-4,7-8,11H2,2H3,(H,17,18). The zero-order valence-electron chi connectivity index (χ0n) is 11.4. The van der Waals surface area contributed by atoms with Gasteiger partial charge in [-0.15, -0.1) is 0 Å². The second-order valence-electron chi connectivity index (χ2n) is 5.23. The fourth-order valence-corrected chi connectivity index (χ4v) is 2.27. The Morgan fingerprint density at radius 3 is 2.84 bits per heavy atom. The van der Waals surface area contributed by atoms with E-state index in [-0.39, 0.29) is 5.91 Å². The predicted molar refractivity (Wildman–Crippen MR) is 76.5 cm³/mol. The second kappa shape index (κ2) is 6.41. The van der Waals surface area contributed by atoms with Crippen LogP contribution in [0.25, 0.3) is 0 Å². The first-order valence-corrected chi connectivity index (χ1v) is 6.83. The fourth-order valence-electron chi connectivity index (χ4n) is 2.27. The summed E-state index contributed by atoms with van der Waals surface area (Å²) in [6.45, 7) is 6.19. The van der Waals surface area contributed by atoms with Crippen LogP contribution in [0.5, 0.6) is 5.75 Å². The van der Waals surface area contributed by atoms with E-state index in [1.807, 2.05) is 25.1 Å². The van der Waals surface area contributed by atoms with Crippen molar-refractivity contribution in [2.75, 3.05) is 6.61 Å². The molecule has 0 saturated heterocycles. The molecule has 0 bridgehead atoms. The second-order valence-corrected chi connectivity index (χ2v) is 5.23. The number of amides is 1. The zero-order valence-corrected chi connectivity index (χ0v) is 11.4. The predicted octanol–water partition coefficient (Wildman–Crippen LogP) is 3.31. The summed E-state index contributed by atoms with van der Waals surface area (Å²) < 4.78 is 5.55. The van der Waals surface area contributed by atoms with E-state index in [2.05, 4.69) is 11.9 Å². The van der Waals surface area contributed by atoms with Crippen LogP contribution < -0.4 is 10.1 Å². The van der Waals surface area contributed by atoms with Gasteiger partial charge in [-0.25, -0.2) is 0 Å². The summed E-state index contributed by atoms with van der Waals surface area (Å²) in [7, 11) is 0. The molecule has 0 spiro atoms. The Kier molecular flexibility index (Phi) is 4.61. The number of carbonyl (C=O) groups is 1. The van der Waals surface area contributed by atoms with Gasteiger partial charge in [-0.3, -0.25) is 4.79 Å². The molecule has 102 valence electrons. The van der Waals surface area contributed by atoms with Crippen molar-refractivity contribution < 1.29 is 9.53 Å². The average Bonchev–Trinajstić information content (AvgIpc) is 2.89. The van der Waals surface area contributed by atoms with Gasteiger partial charge in [0.2, 0.25) is 0 Å². The third-order valence-corrected chi connectivity index (χ3v) is 3.27. The zero-order chi connectivity index (χ0) is 13.7. The van der Waals surface area contributed by atoms with Crippen molar-refractivity contribution >= 4 is 5.91 Å². The first kappa shape index (κ1) is 13.7. The number of ether oxygens (including phenoxy) is 1. The molecule has 1 aromatic rings. The molecule has 19 heavy (non-hydrogen) atoms. The average molecular weight is 259 g/mol. The van der Waals surface area contributed by atoms with Crippen LogP contribution in [0.4, 0.5) is 0 Å². The molecule has 1 fully saturated rings. The van der Waals surface area contributed by atoms with Crippen molar-refractivity contribution in [2.24, 2.45) is 0 Å². The number of hydrogen-bond acceptors (Lipinski definition) is 2. The molecule has 1 amide bonds. The molecule has 0 aliphatic heterocycles. The van der Waals surface area contributed by atoms with Gasteiger partial charge in [0.15, 0.2) is 0 Å². The molecular formula is C16H21NO2. The SMILES string of the molecule is C=C(C)COc1cccc(C(=O)NC2CCCC2)c1. The molecular weight excluding hydrogens is 238 g/mol. The summed E-state index contributed by atoms with van der Waals surface area (Å²) in [4.78, 5) is 12.1. The van der Waals surface area contributed by atoms with Gasteiger partial charge in [0.05, 0.1) is 0 Å². The van der Waals surface area contributed by atoms with Crippen LogP contribution in [-0.2, 0) is 0 Å². The van der Waals surface area contributed by atoms with Gasteiger partial charge in [-0.05, 0) is 43.5 Å². The number of nitrogens with one attached hydrogen (secondary N) is 1. The van der Waals surface area contributed by atoms with Gasteiger partial charge < -0.3 is 10.1 Å². The van der Waals surface area contributed by atoms with Crippen molar-refractivity contribution in [3.63, 3.8) is 0 Å². The van der Waals surface area contributed by atoms with E-state index in [0.717, 1.165) is 18.4 Å². The Balaban J connectivity index is 1.96. The first-order valence-electron chi connectivity index (χ1n) is 6.83. The Bertz CT molecular complexity index is 462. The Labute approximate surface area is 114 Å². The summed E-state index contributed by atoms with van der Waals surface area (Å²) in [6, 6.07) is 7.64. The maximum Gasteiger partial charge on any atom is 0.251 e. The van der Waals surface area contributed by atoms with Crippen LogP contribution in [0, 0.1) is 0 Å². The minimum atomic E-state index is -0.00678. The van der Waals surface area contributed by atoms with E-state index in [9.17, 15) is 4.79 Å². The molecule has 0 unspecified atom stereocenters. The highest BCUT2D eigenvalue weighted by molar-refractivity contribution is 5.94. The summed E-state index contributed by atoms with van der Waals surface area (Å²) >= 11 is 0. The normalized spacial score (nSPS) is 15.2. The van der Waals surface area contributed by atoms with Crippen molar-refractivity contribution in [1.82, 2.24) is 5.32 Å². The van der Waals surface area contributed by atoms with Crippen LogP contribution in [0.1, 0.15) is 43.0 Å². The van der Waals surface area contributed by atoms with Gasteiger partial charge in [0.25, 0.3) is 5.91 Å². The maximum atomic E-state index is 12.1.